The Labute approximate surface area is 252 Å². The summed E-state index contributed by atoms with van der Waals surface area (Å²) in [6.07, 6.45) is -7.77. The van der Waals surface area contributed by atoms with Crippen LogP contribution in [-0.4, -0.2) is 102 Å². The number of carbonyl (C=O) groups is 1. The summed E-state index contributed by atoms with van der Waals surface area (Å²) in [4.78, 5) is 14.4. The zero-order valence-electron chi connectivity index (χ0n) is 24.8. The Morgan fingerprint density at radius 3 is 2.05 bits per heavy atom. The molecule has 1 aliphatic heterocycles. The largest absolute Gasteiger partial charge is 0.441 e. The third-order valence-corrected chi connectivity index (χ3v) is 12.1. The maximum absolute atomic E-state index is 11.8. The zero-order valence-corrected chi connectivity index (χ0v) is 25.8. The van der Waals surface area contributed by atoms with Gasteiger partial charge in [0.05, 0.1) is 39.6 Å². The highest BCUT2D eigenvalue weighted by Crippen LogP contribution is 2.37. The minimum Gasteiger partial charge on any atom is -0.441 e. The van der Waals surface area contributed by atoms with E-state index < -0.39 is 45.1 Å². The first kappa shape index (κ1) is 34.4. The predicted molar refractivity (Wildman–Crippen MR) is 160 cm³/mol. The molecule has 0 unspecified atom stereocenters. The Bertz CT molecular complexity index is 1130. The number of benzene rings is 2. The Hall–Kier alpha value is -3.04. The van der Waals surface area contributed by atoms with Crippen LogP contribution < -0.4 is 16.1 Å². The smallest absolute Gasteiger partial charge is 0.404 e. The second kappa shape index (κ2) is 16.7. The summed E-state index contributed by atoms with van der Waals surface area (Å²) in [6, 6.07) is 19.9. The Kier molecular flexibility index (Phi) is 13.4. The molecule has 0 saturated carbocycles. The molecule has 3 rings (SSSR count). The molecule has 0 aromatic heterocycles. The lowest BCUT2D eigenvalue weighted by Gasteiger charge is -2.46. The molecule has 0 radical (unpaired) electrons. The third kappa shape index (κ3) is 9.22. The van der Waals surface area contributed by atoms with Crippen molar-refractivity contribution in [3.8, 4) is 0 Å². The van der Waals surface area contributed by atoms with Gasteiger partial charge in [0.25, 0.3) is 8.32 Å². The van der Waals surface area contributed by atoms with Crippen molar-refractivity contribution < 1.29 is 43.1 Å². The number of hydrogen-bond acceptors (Lipinski definition) is 10. The lowest BCUT2D eigenvalue weighted by atomic mass is 9.99. The van der Waals surface area contributed by atoms with E-state index >= 15 is 0 Å². The molecule has 1 fully saturated rings. The first-order valence-corrected chi connectivity index (χ1v) is 16.0. The van der Waals surface area contributed by atoms with Gasteiger partial charge < -0.3 is 44.1 Å². The van der Waals surface area contributed by atoms with Gasteiger partial charge in [0.1, 0.15) is 18.3 Å². The third-order valence-electron chi connectivity index (χ3n) is 7.05. The molecule has 43 heavy (non-hydrogen) atoms. The summed E-state index contributed by atoms with van der Waals surface area (Å²) >= 11 is 0. The average Bonchev–Trinajstić information content (AvgIpc) is 2.98. The number of ether oxygens (including phenoxy) is 5. The Morgan fingerprint density at radius 1 is 0.953 bits per heavy atom. The molecule has 1 saturated heterocycles. The first-order valence-electron chi connectivity index (χ1n) is 14.1. The number of aliphatic hydroxyl groups is 2. The van der Waals surface area contributed by atoms with Crippen molar-refractivity contribution in [3.05, 3.63) is 71.1 Å². The van der Waals surface area contributed by atoms with Crippen LogP contribution in [0.2, 0.25) is 5.04 Å². The first-order chi connectivity index (χ1) is 20.6. The van der Waals surface area contributed by atoms with Crippen LogP contribution >= 0.6 is 0 Å². The van der Waals surface area contributed by atoms with Crippen molar-refractivity contribution in [1.29, 1.82) is 0 Å². The van der Waals surface area contributed by atoms with E-state index in [4.69, 9.17) is 39.4 Å². The van der Waals surface area contributed by atoms with Gasteiger partial charge in [-0.05, 0) is 20.9 Å². The fourth-order valence-corrected chi connectivity index (χ4v) is 9.69. The molecule has 14 heteroatoms. The highest BCUT2D eigenvalue weighted by molar-refractivity contribution is 6.99. The molecule has 2 aromatic rings. The summed E-state index contributed by atoms with van der Waals surface area (Å²) in [5, 5.41) is 26.8. The van der Waals surface area contributed by atoms with Crippen LogP contribution in [0.4, 0.5) is 4.79 Å². The fraction of sp³-hybridized carbons (Fsp3) is 0.552. The molecule has 236 valence electrons. The topological polar surface area (TPSA) is 188 Å². The van der Waals surface area contributed by atoms with Crippen molar-refractivity contribution >= 4 is 24.8 Å². The number of nitrogens with two attached hydrogens (primary N) is 1. The van der Waals surface area contributed by atoms with Gasteiger partial charge in [-0.3, -0.25) is 0 Å². The van der Waals surface area contributed by atoms with Crippen LogP contribution in [0.25, 0.3) is 10.4 Å². The van der Waals surface area contributed by atoms with Crippen LogP contribution in [0.1, 0.15) is 20.8 Å². The molecule has 5 atom stereocenters. The molecule has 1 heterocycles. The maximum Gasteiger partial charge on any atom is 0.404 e. The normalized spacial score (nSPS) is 22.5. The summed E-state index contributed by atoms with van der Waals surface area (Å²) in [5.41, 5.74) is 13.6. The van der Waals surface area contributed by atoms with Gasteiger partial charge in [-0.1, -0.05) is 86.5 Å². The zero-order chi connectivity index (χ0) is 31.3. The molecule has 13 nitrogen and oxygen atoms in total. The van der Waals surface area contributed by atoms with Crippen molar-refractivity contribution in [3.63, 3.8) is 0 Å². The van der Waals surface area contributed by atoms with Crippen LogP contribution in [0.15, 0.2) is 65.8 Å². The van der Waals surface area contributed by atoms with Gasteiger partial charge in [-0.25, -0.2) is 4.79 Å². The number of nitrogens with zero attached hydrogens (tertiary/aromatic N) is 3. The average molecular weight is 619 g/mol. The Morgan fingerprint density at radius 2 is 1.51 bits per heavy atom. The molecule has 0 aliphatic carbocycles. The van der Waals surface area contributed by atoms with Gasteiger partial charge >= 0.3 is 6.09 Å². The fourth-order valence-electron chi connectivity index (χ4n) is 5.12. The van der Waals surface area contributed by atoms with Crippen molar-refractivity contribution in [2.24, 2.45) is 10.8 Å². The number of aliphatic hydroxyl groups excluding tert-OH is 2. The van der Waals surface area contributed by atoms with Crippen LogP contribution in [0, 0.1) is 0 Å². The molecular weight excluding hydrogens is 576 g/mol. The van der Waals surface area contributed by atoms with Crippen molar-refractivity contribution in [2.45, 2.75) is 56.5 Å². The van der Waals surface area contributed by atoms with Gasteiger partial charge in [-0.2, -0.15) is 0 Å². The molecule has 0 spiro atoms. The lowest BCUT2D eigenvalue weighted by molar-refractivity contribution is -0.300. The Balaban J connectivity index is 1.74. The standard InChI is InChI=1S/C29H42N4O9Si/c1-29(2,3)43(21-10-6-4-7-11-21,22-12-8-5-9-13-22)40-20-23-26(42-28(30)36)24(34)25(35)27(41-23)39-19-18-38-17-16-37-15-14-32-33-31/h4-13,23-27,34-35H,14-20H2,1-3H3,(H2,30,36)/t23-,24-,25+,26-,27+/m1/s1. The second-order valence-electron chi connectivity index (χ2n) is 10.9. The van der Waals surface area contributed by atoms with Gasteiger partial charge in [-0.15, -0.1) is 0 Å². The molecular formula is C29H42N4O9Si. The number of carbonyl (C=O) groups excluding carboxylic acids is 1. The van der Waals surface area contributed by atoms with E-state index in [0.717, 1.165) is 10.4 Å². The SMILES string of the molecule is CC(C)(C)[Si](OC[C@H]1O[C@H](OCCOCCOCCN=[N+]=[N-])[C@@H](O)[C@@H](O)[C@@H]1OC(N)=O)(c1ccccc1)c1ccccc1. The van der Waals surface area contributed by atoms with E-state index in [2.05, 4.69) is 30.8 Å². The highest BCUT2D eigenvalue weighted by atomic mass is 28.4. The van der Waals surface area contributed by atoms with E-state index in [9.17, 15) is 15.0 Å². The number of primary amides is 1. The van der Waals surface area contributed by atoms with Crippen molar-refractivity contribution in [2.75, 3.05) is 46.2 Å². The predicted octanol–water partition coefficient (Wildman–Crippen LogP) is 1.83. The van der Waals surface area contributed by atoms with E-state index in [1.54, 1.807) is 0 Å². The number of hydrogen-bond donors (Lipinski definition) is 3. The lowest BCUT2D eigenvalue weighted by Crippen LogP contribution is -2.68. The van der Waals surface area contributed by atoms with Crippen LogP contribution in [-0.2, 0) is 28.1 Å². The number of amides is 1. The summed E-state index contributed by atoms with van der Waals surface area (Å²) in [5.74, 6) is 0. The van der Waals surface area contributed by atoms with E-state index in [1.165, 1.54) is 0 Å². The summed E-state index contributed by atoms with van der Waals surface area (Å²) < 4.78 is 34.6. The molecule has 1 aliphatic rings. The molecule has 0 bridgehead atoms. The van der Waals surface area contributed by atoms with E-state index in [-0.39, 0.29) is 44.6 Å². The number of azide groups is 1. The quantitative estimate of drug-likeness (QED) is 0.0829. The minimum atomic E-state index is -3.01. The molecule has 4 N–H and O–H groups in total. The van der Waals surface area contributed by atoms with Crippen LogP contribution in [0.5, 0.6) is 0 Å². The molecule has 2 aromatic carbocycles. The summed E-state index contributed by atoms with van der Waals surface area (Å²) in [7, 11) is -3.01. The van der Waals surface area contributed by atoms with Gasteiger partial charge in [0.2, 0.25) is 0 Å². The molecule has 1 amide bonds. The van der Waals surface area contributed by atoms with E-state index in [1.807, 2.05) is 60.7 Å². The number of rotatable bonds is 16. The van der Waals surface area contributed by atoms with Crippen molar-refractivity contribution in [1.82, 2.24) is 0 Å². The van der Waals surface area contributed by atoms with E-state index in [0.29, 0.717) is 6.61 Å². The van der Waals surface area contributed by atoms with Gasteiger partial charge in [0, 0.05) is 11.5 Å². The highest BCUT2D eigenvalue weighted by Gasteiger charge is 2.53. The minimum absolute atomic E-state index is 0.0385. The van der Waals surface area contributed by atoms with Gasteiger partial charge in [0.15, 0.2) is 12.4 Å². The monoisotopic (exact) mass is 618 g/mol. The van der Waals surface area contributed by atoms with Crippen LogP contribution in [0.3, 0.4) is 0 Å². The second-order valence-corrected chi connectivity index (χ2v) is 15.3. The maximum atomic E-state index is 11.8. The summed E-state index contributed by atoms with van der Waals surface area (Å²) in [6.45, 7) is 7.57.